The predicted molar refractivity (Wildman–Crippen MR) is 75.9 cm³/mol. The zero-order chi connectivity index (χ0) is 14.0. The predicted octanol–water partition coefficient (Wildman–Crippen LogP) is 3.17. The molecule has 0 spiro atoms. The van der Waals surface area contributed by atoms with Gasteiger partial charge in [0.05, 0.1) is 6.04 Å². The summed E-state index contributed by atoms with van der Waals surface area (Å²) in [5.74, 6) is 0. The molecule has 4 nitrogen and oxygen atoms in total. The Morgan fingerprint density at radius 3 is 2.84 bits per heavy atom. The summed E-state index contributed by atoms with van der Waals surface area (Å²) >= 11 is 0. The number of amides is 1. The highest BCUT2D eigenvalue weighted by Crippen LogP contribution is 2.31. The Bertz CT molecular complexity index is 478. The number of nitrogen functional groups attached to an aromatic ring is 1. The van der Waals surface area contributed by atoms with Crippen LogP contribution in [0, 0.1) is 0 Å². The van der Waals surface area contributed by atoms with Crippen molar-refractivity contribution in [3.8, 4) is 0 Å². The molecule has 0 heterocycles. The van der Waals surface area contributed by atoms with Gasteiger partial charge in [-0.15, -0.1) is 0 Å². The number of nitrogens with one attached hydrogen (secondary N) is 1. The molecule has 0 aromatic heterocycles. The van der Waals surface area contributed by atoms with Gasteiger partial charge in [0.15, 0.2) is 0 Å². The summed E-state index contributed by atoms with van der Waals surface area (Å²) in [6.45, 7) is 5.58. The Balaban J connectivity index is 2.11. The maximum atomic E-state index is 11.9. The molecule has 104 valence electrons. The molecule has 0 radical (unpaired) electrons. The number of aryl methyl sites for hydroxylation is 1. The lowest BCUT2D eigenvalue weighted by Gasteiger charge is -2.28. The lowest BCUT2D eigenvalue weighted by molar-refractivity contribution is 0.0498. The maximum absolute atomic E-state index is 11.9. The third-order valence-electron chi connectivity index (χ3n) is 3.18. The number of ether oxygens (including phenoxy) is 1. The second kappa shape index (κ2) is 5.11. The molecule has 0 bridgehead atoms. The van der Waals surface area contributed by atoms with Crippen LogP contribution in [0.2, 0.25) is 0 Å². The zero-order valence-corrected chi connectivity index (χ0v) is 11.8. The number of hydrogen-bond acceptors (Lipinski definition) is 3. The van der Waals surface area contributed by atoms with Crippen molar-refractivity contribution in [2.45, 2.75) is 51.7 Å². The van der Waals surface area contributed by atoms with E-state index in [0.717, 1.165) is 30.5 Å². The van der Waals surface area contributed by atoms with Crippen molar-refractivity contribution >= 4 is 11.8 Å². The van der Waals surface area contributed by atoms with Crippen LogP contribution in [0.5, 0.6) is 0 Å². The van der Waals surface area contributed by atoms with E-state index in [1.54, 1.807) is 0 Å². The van der Waals surface area contributed by atoms with Gasteiger partial charge >= 0.3 is 6.09 Å². The van der Waals surface area contributed by atoms with Crippen LogP contribution in [0.1, 0.15) is 50.8 Å². The van der Waals surface area contributed by atoms with E-state index in [0.29, 0.717) is 0 Å². The summed E-state index contributed by atoms with van der Waals surface area (Å²) in [6.07, 6.45) is 2.67. The molecule has 0 saturated carbocycles. The van der Waals surface area contributed by atoms with Gasteiger partial charge in [0, 0.05) is 5.69 Å². The van der Waals surface area contributed by atoms with E-state index in [4.69, 9.17) is 10.5 Å². The van der Waals surface area contributed by atoms with Crippen molar-refractivity contribution in [2.75, 3.05) is 5.73 Å². The van der Waals surface area contributed by atoms with Crippen LogP contribution in [0.3, 0.4) is 0 Å². The van der Waals surface area contributed by atoms with Gasteiger partial charge in [-0.25, -0.2) is 4.79 Å². The second-order valence-corrected chi connectivity index (χ2v) is 6.05. The maximum Gasteiger partial charge on any atom is 0.408 e. The highest BCUT2D eigenvalue weighted by Gasteiger charge is 2.24. The average Bonchev–Trinajstić information content (AvgIpc) is 2.27. The standard InChI is InChI=1S/C15H22N2O2/c1-15(2,3)19-14(18)17-13-6-4-5-10-7-8-11(16)9-12(10)13/h7-9,13H,4-6,16H2,1-3H3,(H,17,18)/t13-/m1/s1. The van der Waals surface area contributed by atoms with Crippen LogP contribution < -0.4 is 11.1 Å². The third-order valence-corrected chi connectivity index (χ3v) is 3.18. The molecule has 0 saturated heterocycles. The SMILES string of the molecule is CC(C)(C)OC(=O)N[C@@H]1CCCc2ccc(N)cc21. The van der Waals surface area contributed by atoms with Crippen molar-refractivity contribution < 1.29 is 9.53 Å². The Morgan fingerprint density at radius 2 is 2.16 bits per heavy atom. The molecule has 1 aliphatic carbocycles. The van der Waals surface area contributed by atoms with E-state index in [1.165, 1.54) is 5.56 Å². The molecule has 1 amide bonds. The minimum atomic E-state index is -0.475. The highest BCUT2D eigenvalue weighted by molar-refractivity contribution is 5.68. The molecule has 4 heteroatoms. The lowest BCUT2D eigenvalue weighted by Crippen LogP contribution is -2.36. The molecule has 1 aromatic rings. The Hall–Kier alpha value is -1.71. The number of carbonyl (C=O) groups excluding carboxylic acids is 1. The monoisotopic (exact) mass is 262 g/mol. The molecular formula is C15H22N2O2. The first kappa shape index (κ1) is 13.7. The fraction of sp³-hybridized carbons (Fsp3) is 0.533. The number of carbonyl (C=O) groups is 1. The Morgan fingerprint density at radius 1 is 1.42 bits per heavy atom. The number of nitrogens with two attached hydrogens (primary N) is 1. The summed E-state index contributed by atoms with van der Waals surface area (Å²) in [4.78, 5) is 11.9. The van der Waals surface area contributed by atoms with Crippen LogP contribution in [0.4, 0.5) is 10.5 Å². The molecule has 19 heavy (non-hydrogen) atoms. The number of benzene rings is 1. The molecule has 2 rings (SSSR count). The van der Waals surface area contributed by atoms with Crippen molar-refractivity contribution in [1.82, 2.24) is 5.32 Å². The Kier molecular flexibility index (Phi) is 3.69. The molecule has 1 atom stereocenters. The molecule has 0 aliphatic heterocycles. The quantitative estimate of drug-likeness (QED) is 0.764. The number of fused-ring (bicyclic) bond motifs is 1. The fourth-order valence-corrected chi connectivity index (χ4v) is 2.42. The smallest absolute Gasteiger partial charge is 0.408 e. The largest absolute Gasteiger partial charge is 0.444 e. The van der Waals surface area contributed by atoms with Crippen molar-refractivity contribution in [1.29, 1.82) is 0 Å². The van der Waals surface area contributed by atoms with E-state index < -0.39 is 5.60 Å². The topological polar surface area (TPSA) is 64.3 Å². The normalized spacial score (nSPS) is 18.6. The number of rotatable bonds is 1. The fourth-order valence-electron chi connectivity index (χ4n) is 2.42. The van der Waals surface area contributed by atoms with Crippen LogP contribution in [-0.4, -0.2) is 11.7 Å². The molecule has 1 aromatic carbocycles. The van der Waals surface area contributed by atoms with Crippen molar-refractivity contribution in [2.24, 2.45) is 0 Å². The highest BCUT2D eigenvalue weighted by atomic mass is 16.6. The summed E-state index contributed by atoms with van der Waals surface area (Å²) in [5, 5.41) is 2.94. The van der Waals surface area contributed by atoms with E-state index >= 15 is 0 Å². The van der Waals surface area contributed by atoms with E-state index in [2.05, 4.69) is 5.32 Å². The lowest BCUT2D eigenvalue weighted by atomic mass is 9.87. The number of anilines is 1. The first-order valence-corrected chi connectivity index (χ1v) is 6.73. The first-order chi connectivity index (χ1) is 8.85. The Labute approximate surface area is 114 Å². The van der Waals surface area contributed by atoms with Crippen LogP contribution in [-0.2, 0) is 11.2 Å². The third kappa shape index (κ3) is 3.63. The van der Waals surface area contributed by atoms with Gasteiger partial charge in [-0.1, -0.05) is 6.07 Å². The average molecular weight is 262 g/mol. The molecule has 0 fully saturated rings. The zero-order valence-electron chi connectivity index (χ0n) is 11.8. The van der Waals surface area contributed by atoms with Gasteiger partial charge in [0.1, 0.15) is 5.60 Å². The van der Waals surface area contributed by atoms with Gasteiger partial charge in [-0.3, -0.25) is 0 Å². The summed E-state index contributed by atoms with van der Waals surface area (Å²) in [6, 6.07) is 5.92. The van der Waals surface area contributed by atoms with Crippen molar-refractivity contribution in [3.05, 3.63) is 29.3 Å². The summed E-state index contributed by atoms with van der Waals surface area (Å²) in [7, 11) is 0. The number of alkyl carbamates (subject to hydrolysis) is 1. The summed E-state index contributed by atoms with van der Waals surface area (Å²) < 4.78 is 5.30. The van der Waals surface area contributed by atoms with Gasteiger partial charge in [-0.2, -0.15) is 0 Å². The second-order valence-electron chi connectivity index (χ2n) is 6.05. The van der Waals surface area contributed by atoms with Gasteiger partial charge in [-0.05, 0) is 63.3 Å². The van der Waals surface area contributed by atoms with Crippen LogP contribution in [0.25, 0.3) is 0 Å². The minimum Gasteiger partial charge on any atom is -0.444 e. The van der Waals surface area contributed by atoms with Gasteiger partial charge in [0.2, 0.25) is 0 Å². The van der Waals surface area contributed by atoms with Gasteiger partial charge in [0.25, 0.3) is 0 Å². The van der Waals surface area contributed by atoms with Gasteiger partial charge < -0.3 is 15.8 Å². The molecule has 3 N–H and O–H groups in total. The first-order valence-electron chi connectivity index (χ1n) is 6.73. The van der Waals surface area contributed by atoms with E-state index in [9.17, 15) is 4.79 Å². The van der Waals surface area contributed by atoms with Crippen molar-refractivity contribution in [3.63, 3.8) is 0 Å². The molecular weight excluding hydrogens is 240 g/mol. The van der Waals surface area contributed by atoms with Crippen LogP contribution in [0.15, 0.2) is 18.2 Å². The summed E-state index contributed by atoms with van der Waals surface area (Å²) in [5.41, 5.74) is 8.48. The number of hydrogen-bond donors (Lipinski definition) is 2. The molecule has 0 unspecified atom stereocenters. The molecule has 1 aliphatic rings. The van der Waals surface area contributed by atoms with E-state index in [-0.39, 0.29) is 12.1 Å². The van der Waals surface area contributed by atoms with Crippen LogP contribution >= 0.6 is 0 Å². The van der Waals surface area contributed by atoms with E-state index in [1.807, 2.05) is 39.0 Å². The minimum absolute atomic E-state index is 0.00194.